The van der Waals surface area contributed by atoms with Crippen molar-refractivity contribution >= 4 is 6.21 Å². The van der Waals surface area contributed by atoms with Gasteiger partial charge in [-0.3, -0.25) is 0 Å². The third-order valence-corrected chi connectivity index (χ3v) is 1.70. The summed E-state index contributed by atoms with van der Waals surface area (Å²) in [6, 6.07) is 11.3. The molecule has 1 aromatic carbocycles. The highest BCUT2D eigenvalue weighted by Gasteiger charge is 1.98. The van der Waals surface area contributed by atoms with Crippen LogP contribution in [0.25, 0.3) is 0 Å². The van der Waals surface area contributed by atoms with Crippen LogP contribution in [0.3, 0.4) is 0 Å². The lowest BCUT2D eigenvalue weighted by molar-refractivity contribution is 0.284. The molecular formula is C11H11N3O. The second kappa shape index (κ2) is 5.45. The van der Waals surface area contributed by atoms with Gasteiger partial charge in [-0.05, 0) is 5.56 Å². The molecule has 0 radical (unpaired) electrons. The van der Waals surface area contributed by atoms with Gasteiger partial charge in [-0.1, -0.05) is 30.3 Å². The number of allylic oxidation sites excluding steroid dienone is 1. The average Bonchev–Trinajstić information content (AvgIpc) is 2.31. The molecule has 4 heteroatoms. The number of ether oxygens (including phenoxy) is 1. The number of nitrogens with zero attached hydrogens (tertiary/aromatic N) is 2. The second-order valence-electron chi connectivity index (χ2n) is 2.70. The zero-order valence-corrected chi connectivity index (χ0v) is 8.34. The summed E-state index contributed by atoms with van der Waals surface area (Å²) in [4.78, 5) is 3.93. The summed E-state index contributed by atoms with van der Waals surface area (Å²) in [5.74, 6) is 0.0182. The van der Waals surface area contributed by atoms with Crippen molar-refractivity contribution in [2.24, 2.45) is 10.7 Å². The fourth-order valence-corrected chi connectivity index (χ4v) is 0.922. The van der Waals surface area contributed by atoms with Gasteiger partial charge in [0.05, 0.1) is 7.11 Å². The molecule has 0 aliphatic heterocycles. The minimum atomic E-state index is 0.0182. The predicted molar refractivity (Wildman–Crippen MR) is 57.9 cm³/mol. The average molecular weight is 201 g/mol. The molecule has 0 saturated heterocycles. The van der Waals surface area contributed by atoms with Crippen LogP contribution in [-0.4, -0.2) is 13.3 Å². The lowest BCUT2D eigenvalue weighted by Crippen LogP contribution is -2.02. The number of hydrogen-bond acceptors (Lipinski definition) is 4. The van der Waals surface area contributed by atoms with Crippen LogP contribution < -0.4 is 5.73 Å². The standard InChI is InChI=1S/C11H11N3O/c1-15-11(13)10(7-12)14-8-9-5-3-2-4-6-9/h2-6,8H,13H2,1H3. The molecule has 0 fully saturated rings. The maximum absolute atomic E-state index is 8.72. The van der Waals surface area contributed by atoms with Crippen molar-refractivity contribution in [3.8, 4) is 6.07 Å². The van der Waals surface area contributed by atoms with Gasteiger partial charge in [-0.2, -0.15) is 5.26 Å². The molecule has 0 bridgehead atoms. The Balaban J connectivity index is 2.87. The van der Waals surface area contributed by atoms with Gasteiger partial charge in [0.25, 0.3) is 0 Å². The Morgan fingerprint density at radius 2 is 2.13 bits per heavy atom. The van der Waals surface area contributed by atoms with Crippen molar-refractivity contribution in [3.05, 3.63) is 47.5 Å². The van der Waals surface area contributed by atoms with E-state index in [1.807, 2.05) is 36.4 Å². The molecule has 0 aromatic heterocycles. The fraction of sp³-hybridized carbons (Fsp3) is 0.0909. The zero-order valence-electron chi connectivity index (χ0n) is 8.34. The monoisotopic (exact) mass is 201 g/mol. The lowest BCUT2D eigenvalue weighted by Gasteiger charge is -1.98. The molecule has 0 amide bonds. The first-order valence-corrected chi connectivity index (χ1v) is 4.31. The first-order valence-electron chi connectivity index (χ1n) is 4.31. The van der Waals surface area contributed by atoms with Crippen LogP contribution in [0, 0.1) is 11.3 Å². The van der Waals surface area contributed by atoms with E-state index in [9.17, 15) is 0 Å². The number of aliphatic imine (C=N–C) groups is 1. The summed E-state index contributed by atoms with van der Waals surface area (Å²) in [7, 11) is 1.39. The summed E-state index contributed by atoms with van der Waals surface area (Å²) >= 11 is 0. The number of nitrogens with two attached hydrogens (primary N) is 1. The number of hydrogen-bond donors (Lipinski definition) is 1. The molecule has 76 valence electrons. The SMILES string of the molecule is COC(N)=C(C#N)N=Cc1ccccc1. The van der Waals surface area contributed by atoms with Gasteiger partial charge < -0.3 is 10.5 Å². The van der Waals surface area contributed by atoms with Crippen LogP contribution in [0.15, 0.2) is 46.9 Å². The Morgan fingerprint density at radius 3 is 2.67 bits per heavy atom. The first-order chi connectivity index (χ1) is 7.27. The summed E-state index contributed by atoms with van der Waals surface area (Å²) in [6.45, 7) is 0. The largest absolute Gasteiger partial charge is 0.481 e. The molecule has 15 heavy (non-hydrogen) atoms. The number of benzene rings is 1. The summed E-state index contributed by atoms with van der Waals surface area (Å²) in [5.41, 5.74) is 6.38. The van der Waals surface area contributed by atoms with Crippen LogP contribution in [0.5, 0.6) is 0 Å². The third-order valence-electron chi connectivity index (χ3n) is 1.70. The van der Waals surface area contributed by atoms with Crippen LogP contribution in [0.4, 0.5) is 0 Å². The van der Waals surface area contributed by atoms with Gasteiger partial charge in [0.15, 0.2) is 5.70 Å². The highest BCUT2D eigenvalue weighted by atomic mass is 16.5. The molecular weight excluding hydrogens is 190 g/mol. The number of methoxy groups -OCH3 is 1. The number of nitriles is 1. The Morgan fingerprint density at radius 1 is 1.47 bits per heavy atom. The van der Waals surface area contributed by atoms with Crippen molar-refractivity contribution in [3.63, 3.8) is 0 Å². The maximum atomic E-state index is 8.72. The van der Waals surface area contributed by atoms with Crippen molar-refractivity contribution < 1.29 is 4.74 Å². The van der Waals surface area contributed by atoms with Gasteiger partial charge in [0, 0.05) is 6.21 Å². The van der Waals surface area contributed by atoms with E-state index in [0.717, 1.165) is 5.56 Å². The molecule has 4 nitrogen and oxygen atoms in total. The summed E-state index contributed by atoms with van der Waals surface area (Å²) in [5, 5.41) is 8.72. The molecule has 0 aliphatic carbocycles. The van der Waals surface area contributed by atoms with Crippen molar-refractivity contribution in [2.45, 2.75) is 0 Å². The molecule has 2 N–H and O–H groups in total. The number of rotatable bonds is 3. The normalized spacial score (nSPS) is 12.0. The maximum Gasteiger partial charge on any atom is 0.221 e. The fourth-order valence-electron chi connectivity index (χ4n) is 0.922. The van der Waals surface area contributed by atoms with Crippen molar-refractivity contribution in [2.75, 3.05) is 7.11 Å². The van der Waals surface area contributed by atoms with E-state index < -0.39 is 0 Å². The highest BCUT2D eigenvalue weighted by Crippen LogP contribution is 2.01. The molecule has 0 atom stereocenters. The molecule has 0 aliphatic rings. The van der Waals surface area contributed by atoms with E-state index in [0.29, 0.717) is 0 Å². The molecule has 1 aromatic rings. The molecule has 0 unspecified atom stereocenters. The third kappa shape index (κ3) is 3.16. The van der Waals surface area contributed by atoms with E-state index in [1.54, 1.807) is 6.21 Å². The second-order valence-corrected chi connectivity index (χ2v) is 2.70. The van der Waals surface area contributed by atoms with Crippen LogP contribution in [-0.2, 0) is 4.74 Å². The topological polar surface area (TPSA) is 71.4 Å². The molecule has 1 rings (SSSR count). The zero-order chi connectivity index (χ0) is 11.1. The van der Waals surface area contributed by atoms with Gasteiger partial charge in [0.2, 0.25) is 5.88 Å². The van der Waals surface area contributed by atoms with E-state index in [4.69, 9.17) is 15.7 Å². The van der Waals surface area contributed by atoms with Gasteiger partial charge in [0.1, 0.15) is 6.07 Å². The minimum Gasteiger partial charge on any atom is -0.481 e. The van der Waals surface area contributed by atoms with Crippen LogP contribution in [0.1, 0.15) is 5.56 Å². The molecule has 0 saturated carbocycles. The molecule has 0 heterocycles. The van der Waals surface area contributed by atoms with Crippen molar-refractivity contribution in [1.29, 1.82) is 5.26 Å². The summed E-state index contributed by atoms with van der Waals surface area (Å²) in [6.07, 6.45) is 1.56. The first kappa shape index (κ1) is 10.8. The Hall–Kier alpha value is -2.28. The van der Waals surface area contributed by atoms with E-state index in [2.05, 4.69) is 4.99 Å². The van der Waals surface area contributed by atoms with E-state index in [-0.39, 0.29) is 11.6 Å². The van der Waals surface area contributed by atoms with Crippen LogP contribution >= 0.6 is 0 Å². The van der Waals surface area contributed by atoms with Gasteiger partial charge in [-0.25, -0.2) is 4.99 Å². The Labute approximate surface area is 88.3 Å². The van der Waals surface area contributed by atoms with Gasteiger partial charge in [-0.15, -0.1) is 0 Å². The van der Waals surface area contributed by atoms with Crippen LogP contribution in [0.2, 0.25) is 0 Å². The quantitative estimate of drug-likeness (QED) is 0.456. The lowest BCUT2D eigenvalue weighted by atomic mass is 10.2. The van der Waals surface area contributed by atoms with E-state index in [1.165, 1.54) is 7.11 Å². The Kier molecular flexibility index (Phi) is 3.92. The smallest absolute Gasteiger partial charge is 0.221 e. The van der Waals surface area contributed by atoms with Crippen molar-refractivity contribution in [1.82, 2.24) is 0 Å². The molecule has 0 spiro atoms. The van der Waals surface area contributed by atoms with Gasteiger partial charge >= 0.3 is 0 Å². The predicted octanol–water partition coefficient (Wildman–Crippen LogP) is 1.40. The minimum absolute atomic E-state index is 0.0182. The van der Waals surface area contributed by atoms with E-state index >= 15 is 0 Å². The summed E-state index contributed by atoms with van der Waals surface area (Å²) < 4.78 is 4.71. The highest BCUT2D eigenvalue weighted by molar-refractivity contribution is 5.80. The Bertz CT molecular complexity index is 415.